The van der Waals surface area contributed by atoms with Gasteiger partial charge in [0.05, 0.1) is 6.42 Å². The lowest BCUT2D eigenvalue weighted by Crippen LogP contribution is -2.16. The molecule has 0 aliphatic rings. The van der Waals surface area contributed by atoms with Crippen LogP contribution in [0.3, 0.4) is 0 Å². The third kappa shape index (κ3) is 7.22. The van der Waals surface area contributed by atoms with Crippen LogP contribution in [0.2, 0.25) is 0 Å². The largest absolute Gasteiger partial charge is 0.573 e. The van der Waals surface area contributed by atoms with Crippen LogP contribution < -0.4 is 9.47 Å². The second-order valence-electron chi connectivity index (χ2n) is 6.63. The molecule has 3 aromatic carbocycles. The van der Waals surface area contributed by atoms with Gasteiger partial charge in [-0.05, 0) is 52.6 Å². The number of halogens is 3. The first kappa shape index (κ1) is 22.0. The van der Waals surface area contributed by atoms with Crippen molar-refractivity contribution in [2.45, 2.75) is 12.8 Å². The van der Waals surface area contributed by atoms with Gasteiger partial charge in [0.2, 0.25) is 0 Å². The fourth-order valence-corrected chi connectivity index (χ4v) is 2.91. The molecular formula is C24H19F3O4. The van der Waals surface area contributed by atoms with E-state index in [1.165, 1.54) is 24.3 Å². The van der Waals surface area contributed by atoms with E-state index in [-0.39, 0.29) is 18.8 Å². The van der Waals surface area contributed by atoms with Crippen molar-refractivity contribution in [3.05, 3.63) is 90.0 Å². The maximum Gasteiger partial charge on any atom is 0.573 e. The zero-order chi connectivity index (χ0) is 22.3. The summed E-state index contributed by atoms with van der Waals surface area (Å²) in [5.74, 6) is -0.520. The molecule has 0 amide bonds. The number of benzene rings is 3. The molecule has 0 aromatic heterocycles. The molecule has 0 spiro atoms. The van der Waals surface area contributed by atoms with Gasteiger partial charge >= 0.3 is 12.3 Å². The summed E-state index contributed by atoms with van der Waals surface area (Å²) in [6.07, 6.45) is -1.27. The van der Waals surface area contributed by atoms with Crippen LogP contribution in [-0.2, 0) is 11.2 Å². The topological polar surface area (TPSA) is 55.8 Å². The van der Waals surface area contributed by atoms with Crippen molar-refractivity contribution in [2.24, 2.45) is 0 Å². The Hall–Kier alpha value is -3.74. The van der Waals surface area contributed by atoms with Crippen LogP contribution >= 0.6 is 0 Å². The van der Waals surface area contributed by atoms with Gasteiger partial charge in [0.1, 0.15) is 18.1 Å². The summed E-state index contributed by atoms with van der Waals surface area (Å²) in [6.45, 7) is 0.267. The highest BCUT2D eigenvalue weighted by molar-refractivity contribution is 5.72. The van der Waals surface area contributed by atoms with E-state index in [0.29, 0.717) is 16.9 Å². The lowest BCUT2D eigenvalue weighted by atomic mass is 10.0. The molecule has 0 saturated heterocycles. The summed E-state index contributed by atoms with van der Waals surface area (Å²) in [6, 6.07) is 20.3. The summed E-state index contributed by atoms with van der Waals surface area (Å²) in [5.41, 5.74) is 3.21. The minimum Gasteiger partial charge on any atom is -0.490 e. The molecule has 0 fully saturated rings. The van der Waals surface area contributed by atoms with E-state index in [0.717, 1.165) is 11.1 Å². The van der Waals surface area contributed by atoms with Crippen LogP contribution in [0.1, 0.15) is 11.1 Å². The molecule has 0 bridgehead atoms. The molecule has 0 heterocycles. The van der Waals surface area contributed by atoms with Crippen LogP contribution in [0.15, 0.2) is 78.9 Å². The predicted molar refractivity (Wildman–Crippen MR) is 111 cm³/mol. The Morgan fingerprint density at radius 3 is 2.26 bits per heavy atom. The van der Waals surface area contributed by atoms with Crippen molar-refractivity contribution >= 4 is 12.0 Å². The highest BCUT2D eigenvalue weighted by Crippen LogP contribution is 2.25. The fourth-order valence-electron chi connectivity index (χ4n) is 2.91. The second-order valence-corrected chi connectivity index (χ2v) is 6.63. The van der Waals surface area contributed by atoms with Gasteiger partial charge in [-0.1, -0.05) is 54.6 Å². The molecule has 4 nitrogen and oxygen atoms in total. The standard InChI is InChI=1S/C24H19F3O4/c25-24(26,27)31-21-11-9-17(10-12-21)5-3-13-30-22-8-2-7-20(16-22)19-6-1-4-18(14-19)15-23(28)29/h1-12,14,16H,13,15H2,(H,28,29)/b5-3+. The minimum atomic E-state index is -4.71. The van der Waals surface area contributed by atoms with E-state index in [1.807, 2.05) is 42.5 Å². The van der Waals surface area contributed by atoms with E-state index in [4.69, 9.17) is 9.84 Å². The Kier molecular flexibility index (Phi) is 6.97. The number of rotatable bonds is 8. The van der Waals surface area contributed by atoms with E-state index < -0.39 is 12.3 Å². The van der Waals surface area contributed by atoms with Crippen LogP contribution in [0.4, 0.5) is 13.2 Å². The van der Waals surface area contributed by atoms with Gasteiger partial charge in [-0.3, -0.25) is 4.79 Å². The predicted octanol–water partition coefficient (Wildman–Crippen LogP) is 5.97. The van der Waals surface area contributed by atoms with Gasteiger partial charge in [-0.15, -0.1) is 13.2 Å². The summed E-state index contributed by atoms with van der Waals surface area (Å²) in [5, 5.41) is 8.96. The van der Waals surface area contributed by atoms with Gasteiger partial charge in [0, 0.05) is 0 Å². The molecule has 0 saturated carbocycles. The van der Waals surface area contributed by atoms with E-state index in [9.17, 15) is 18.0 Å². The number of hydrogen-bond donors (Lipinski definition) is 1. The molecule has 0 unspecified atom stereocenters. The average Bonchev–Trinajstić information content (AvgIpc) is 2.71. The Morgan fingerprint density at radius 1 is 0.903 bits per heavy atom. The van der Waals surface area contributed by atoms with Gasteiger partial charge in [0.15, 0.2) is 0 Å². The van der Waals surface area contributed by atoms with Crippen molar-refractivity contribution in [3.63, 3.8) is 0 Å². The zero-order valence-corrected chi connectivity index (χ0v) is 16.3. The normalized spacial score (nSPS) is 11.5. The highest BCUT2D eigenvalue weighted by atomic mass is 19.4. The van der Waals surface area contributed by atoms with Gasteiger partial charge in [-0.2, -0.15) is 0 Å². The Balaban J connectivity index is 1.59. The summed E-state index contributed by atoms with van der Waals surface area (Å²) < 4.78 is 46.1. The highest BCUT2D eigenvalue weighted by Gasteiger charge is 2.30. The number of carboxylic acid groups (broad SMARTS) is 1. The maximum atomic E-state index is 12.2. The number of alkyl halides is 3. The molecular weight excluding hydrogens is 409 g/mol. The van der Waals surface area contributed by atoms with Crippen LogP contribution in [0, 0.1) is 0 Å². The Labute approximate surface area is 177 Å². The maximum absolute atomic E-state index is 12.2. The number of aliphatic carboxylic acids is 1. The first-order valence-corrected chi connectivity index (χ1v) is 9.35. The molecule has 0 radical (unpaired) electrons. The number of ether oxygens (including phenoxy) is 2. The van der Waals surface area contributed by atoms with Gasteiger partial charge in [0.25, 0.3) is 0 Å². The van der Waals surface area contributed by atoms with Crippen LogP contribution in [0.25, 0.3) is 17.2 Å². The zero-order valence-electron chi connectivity index (χ0n) is 16.3. The lowest BCUT2D eigenvalue weighted by Gasteiger charge is -2.08. The first-order valence-electron chi connectivity index (χ1n) is 9.35. The third-order valence-electron chi connectivity index (χ3n) is 4.22. The quantitative estimate of drug-likeness (QED) is 0.480. The summed E-state index contributed by atoms with van der Waals surface area (Å²) >= 11 is 0. The van der Waals surface area contributed by atoms with Crippen molar-refractivity contribution in [3.8, 4) is 22.6 Å². The molecule has 0 atom stereocenters. The van der Waals surface area contributed by atoms with Crippen molar-refractivity contribution in [1.82, 2.24) is 0 Å². The minimum absolute atomic E-state index is 0.0435. The van der Waals surface area contributed by atoms with E-state index >= 15 is 0 Å². The molecule has 3 rings (SSSR count). The van der Waals surface area contributed by atoms with Crippen molar-refractivity contribution < 1.29 is 32.5 Å². The smallest absolute Gasteiger partial charge is 0.490 e. The van der Waals surface area contributed by atoms with Crippen LogP contribution in [-0.4, -0.2) is 24.0 Å². The molecule has 3 aromatic rings. The van der Waals surface area contributed by atoms with E-state index in [1.54, 1.807) is 18.2 Å². The Bertz CT molecular complexity index is 1060. The molecule has 31 heavy (non-hydrogen) atoms. The molecule has 160 valence electrons. The Morgan fingerprint density at radius 2 is 1.58 bits per heavy atom. The molecule has 1 N–H and O–H groups in total. The SMILES string of the molecule is O=C(O)Cc1cccc(-c2cccc(OC/C=C/c3ccc(OC(F)(F)F)cc3)c2)c1. The molecule has 0 aliphatic carbocycles. The summed E-state index contributed by atoms with van der Waals surface area (Å²) in [7, 11) is 0. The van der Waals surface area contributed by atoms with Gasteiger partial charge in [-0.25, -0.2) is 0 Å². The molecule has 7 heteroatoms. The monoisotopic (exact) mass is 428 g/mol. The number of carbonyl (C=O) groups is 1. The lowest BCUT2D eigenvalue weighted by molar-refractivity contribution is -0.274. The first-order chi connectivity index (χ1) is 14.8. The van der Waals surface area contributed by atoms with Crippen molar-refractivity contribution in [2.75, 3.05) is 6.61 Å². The summed E-state index contributed by atoms with van der Waals surface area (Å²) in [4.78, 5) is 10.9. The third-order valence-corrected chi connectivity index (χ3v) is 4.22. The average molecular weight is 428 g/mol. The van der Waals surface area contributed by atoms with Crippen molar-refractivity contribution in [1.29, 1.82) is 0 Å². The fraction of sp³-hybridized carbons (Fsp3) is 0.125. The van der Waals surface area contributed by atoms with Crippen LogP contribution in [0.5, 0.6) is 11.5 Å². The molecule has 0 aliphatic heterocycles. The number of hydrogen-bond acceptors (Lipinski definition) is 3. The number of carboxylic acids is 1. The van der Waals surface area contributed by atoms with E-state index in [2.05, 4.69) is 4.74 Å². The van der Waals surface area contributed by atoms with Gasteiger partial charge < -0.3 is 14.6 Å². The second kappa shape index (κ2) is 9.84.